The molecule has 0 bridgehead atoms. The van der Waals surface area contributed by atoms with E-state index >= 15 is 0 Å². The molecule has 1 fully saturated rings. The number of ketones is 1. The molecule has 0 amide bonds. The molecule has 1 aliphatic carbocycles. The van der Waals surface area contributed by atoms with Gasteiger partial charge in [0.15, 0.2) is 0 Å². The number of rotatable bonds is 10. The summed E-state index contributed by atoms with van der Waals surface area (Å²) in [6.07, 6.45) is 8.97. The molecule has 0 unspecified atom stereocenters. The summed E-state index contributed by atoms with van der Waals surface area (Å²) >= 11 is 0. The average molecular weight is 348 g/mol. The van der Waals surface area contributed by atoms with Crippen molar-refractivity contribution in [2.75, 3.05) is 0 Å². The number of aliphatic carboxylic acids is 1. The minimum atomic E-state index is -0.772. The average Bonchev–Trinajstić information content (AvgIpc) is 2.91. The second kappa shape index (κ2) is 11.9. The number of hydrogen-bond donors (Lipinski definition) is 2. The van der Waals surface area contributed by atoms with E-state index < -0.39 is 12.1 Å². The highest BCUT2D eigenvalue weighted by Crippen LogP contribution is 2.31. The minimum absolute atomic E-state index is 0.0383. The maximum Gasteiger partial charge on any atom is 0.303 e. The van der Waals surface area contributed by atoms with Crippen molar-refractivity contribution in [3.63, 3.8) is 0 Å². The van der Waals surface area contributed by atoms with Gasteiger partial charge < -0.3 is 10.2 Å². The summed E-state index contributed by atoms with van der Waals surface area (Å²) in [4.78, 5) is 22.7. The second-order valence-electron chi connectivity index (χ2n) is 7.05. The number of aliphatic hydroxyl groups is 1. The van der Waals surface area contributed by atoms with Crippen molar-refractivity contribution in [3.8, 4) is 11.8 Å². The number of unbranched alkanes of at least 4 members (excludes halogenated alkanes) is 2. The van der Waals surface area contributed by atoms with Crippen LogP contribution in [0.4, 0.5) is 0 Å². The Hall–Kier alpha value is -1.60. The molecule has 25 heavy (non-hydrogen) atoms. The van der Waals surface area contributed by atoms with E-state index in [1.165, 1.54) is 0 Å². The van der Waals surface area contributed by atoms with Crippen molar-refractivity contribution in [2.24, 2.45) is 11.8 Å². The van der Waals surface area contributed by atoms with Crippen LogP contribution in [0.3, 0.4) is 0 Å². The first kappa shape index (κ1) is 21.4. The van der Waals surface area contributed by atoms with Gasteiger partial charge in [0.05, 0.1) is 0 Å². The fourth-order valence-corrected chi connectivity index (χ4v) is 3.19. The number of carboxylic acids is 1. The first-order valence-corrected chi connectivity index (χ1v) is 9.53. The molecule has 0 aliphatic heterocycles. The van der Waals surface area contributed by atoms with Crippen LogP contribution in [0.15, 0.2) is 11.6 Å². The quantitative estimate of drug-likeness (QED) is 0.354. The standard InChI is InChI=1S/C21H32O4/c1-3-4-5-8-18(22)13-11-17-12-15-20(23)19(17)14-10-16(2)7-6-9-21(24)25/h10,17-19,22H,3-9,12,14-15H2,1-2H3,(H,24,25)/b16-10-/t17-,18-,19+/m0/s1. The molecule has 0 aromatic rings. The molecule has 0 spiro atoms. The highest BCUT2D eigenvalue weighted by molar-refractivity contribution is 5.84. The van der Waals surface area contributed by atoms with Gasteiger partial charge in [0.25, 0.3) is 0 Å². The predicted molar refractivity (Wildman–Crippen MR) is 99.0 cm³/mol. The lowest BCUT2D eigenvalue weighted by molar-refractivity contribution is -0.137. The lowest BCUT2D eigenvalue weighted by atomic mass is 9.91. The van der Waals surface area contributed by atoms with E-state index in [2.05, 4.69) is 24.8 Å². The zero-order chi connectivity index (χ0) is 18.7. The highest BCUT2D eigenvalue weighted by Gasteiger charge is 2.32. The second-order valence-corrected chi connectivity index (χ2v) is 7.05. The lowest BCUT2D eigenvalue weighted by Crippen LogP contribution is -2.13. The van der Waals surface area contributed by atoms with Crippen LogP contribution in [0.1, 0.15) is 78.1 Å². The smallest absolute Gasteiger partial charge is 0.303 e. The van der Waals surface area contributed by atoms with Gasteiger partial charge in [-0.3, -0.25) is 9.59 Å². The van der Waals surface area contributed by atoms with Gasteiger partial charge in [0.2, 0.25) is 0 Å². The van der Waals surface area contributed by atoms with E-state index in [-0.39, 0.29) is 24.0 Å². The molecule has 0 saturated heterocycles. The van der Waals surface area contributed by atoms with Crippen molar-refractivity contribution in [3.05, 3.63) is 11.6 Å². The Morgan fingerprint density at radius 3 is 2.76 bits per heavy atom. The normalized spacial score (nSPS) is 21.7. The molecular formula is C21H32O4. The first-order chi connectivity index (χ1) is 11.9. The topological polar surface area (TPSA) is 74.6 Å². The van der Waals surface area contributed by atoms with Gasteiger partial charge in [-0.15, -0.1) is 0 Å². The van der Waals surface area contributed by atoms with Crippen LogP contribution in [0.2, 0.25) is 0 Å². The van der Waals surface area contributed by atoms with Gasteiger partial charge in [0, 0.05) is 24.7 Å². The van der Waals surface area contributed by atoms with Crippen LogP contribution >= 0.6 is 0 Å². The van der Waals surface area contributed by atoms with E-state index in [0.717, 1.165) is 37.7 Å². The number of Topliss-reactive ketones (excluding diaryl/α,β-unsaturated/α-hetero) is 1. The highest BCUT2D eigenvalue weighted by atomic mass is 16.4. The van der Waals surface area contributed by atoms with Crippen LogP contribution in [0.5, 0.6) is 0 Å². The molecule has 1 saturated carbocycles. The number of allylic oxidation sites excluding steroid dienone is 2. The van der Waals surface area contributed by atoms with Crippen LogP contribution < -0.4 is 0 Å². The number of hydrogen-bond acceptors (Lipinski definition) is 3. The van der Waals surface area contributed by atoms with Crippen molar-refractivity contribution in [1.29, 1.82) is 0 Å². The van der Waals surface area contributed by atoms with Crippen molar-refractivity contribution < 1.29 is 19.8 Å². The van der Waals surface area contributed by atoms with Crippen LogP contribution in [0, 0.1) is 23.7 Å². The summed E-state index contributed by atoms with van der Waals surface area (Å²) in [5.74, 6) is 5.52. The molecule has 0 aromatic carbocycles. The zero-order valence-corrected chi connectivity index (χ0v) is 15.6. The Morgan fingerprint density at radius 2 is 2.08 bits per heavy atom. The van der Waals surface area contributed by atoms with Crippen LogP contribution in [-0.2, 0) is 9.59 Å². The van der Waals surface area contributed by atoms with E-state index in [1.54, 1.807) is 0 Å². The molecule has 0 aromatic heterocycles. The summed E-state index contributed by atoms with van der Waals surface area (Å²) < 4.78 is 0. The van der Waals surface area contributed by atoms with Gasteiger partial charge in [0.1, 0.15) is 11.9 Å². The number of aliphatic hydroxyl groups excluding tert-OH is 1. The molecule has 0 radical (unpaired) electrons. The molecule has 1 aliphatic rings. The zero-order valence-electron chi connectivity index (χ0n) is 15.6. The maximum atomic E-state index is 12.1. The third-order valence-corrected chi connectivity index (χ3v) is 4.80. The van der Waals surface area contributed by atoms with E-state index in [4.69, 9.17) is 5.11 Å². The van der Waals surface area contributed by atoms with Crippen molar-refractivity contribution in [1.82, 2.24) is 0 Å². The van der Waals surface area contributed by atoms with Gasteiger partial charge >= 0.3 is 5.97 Å². The maximum absolute atomic E-state index is 12.1. The summed E-state index contributed by atoms with van der Waals surface area (Å²) in [5, 5.41) is 18.6. The predicted octanol–water partition coefficient (Wildman–Crippen LogP) is 4.12. The summed E-state index contributed by atoms with van der Waals surface area (Å²) in [7, 11) is 0. The van der Waals surface area contributed by atoms with Gasteiger partial charge in [-0.25, -0.2) is 0 Å². The van der Waals surface area contributed by atoms with Gasteiger partial charge in [-0.05, 0) is 45.4 Å². The van der Waals surface area contributed by atoms with E-state index in [0.29, 0.717) is 25.7 Å². The van der Waals surface area contributed by atoms with Crippen molar-refractivity contribution in [2.45, 2.75) is 84.2 Å². The molecule has 4 nitrogen and oxygen atoms in total. The Labute approximate surface area is 151 Å². The van der Waals surface area contributed by atoms with Gasteiger partial charge in [-0.2, -0.15) is 0 Å². The van der Waals surface area contributed by atoms with Gasteiger partial charge in [-0.1, -0.05) is 43.3 Å². The third kappa shape index (κ3) is 8.88. The summed E-state index contributed by atoms with van der Waals surface area (Å²) in [6.45, 7) is 4.11. The largest absolute Gasteiger partial charge is 0.481 e. The Balaban J connectivity index is 2.50. The van der Waals surface area contributed by atoms with Crippen molar-refractivity contribution >= 4 is 11.8 Å². The molecule has 4 heteroatoms. The Morgan fingerprint density at radius 1 is 1.32 bits per heavy atom. The fourth-order valence-electron chi connectivity index (χ4n) is 3.19. The SMILES string of the molecule is CCCCC[C@H](O)C#C[C@H]1CCC(=O)[C@@H]1C/C=C(/C)CCCC(=O)O. The molecule has 140 valence electrons. The van der Waals surface area contributed by atoms with Crippen LogP contribution in [0.25, 0.3) is 0 Å². The first-order valence-electron chi connectivity index (χ1n) is 9.53. The number of carboxylic acid groups (broad SMARTS) is 1. The minimum Gasteiger partial charge on any atom is -0.481 e. The molecule has 0 heterocycles. The summed E-state index contributed by atoms with van der Waals surface area (Å²) in [5.41, 5.74) is 1.13. The number of carbonyl (C=O) groups excluding carboxylic acids is 1. The monoisotopic (exact) mass is 348 g/mol. The molecule has 1 rings (SSSR count). The summed E-state index contributed by atoms with van der Waals surface area (Å²) in [6, 6.07) is 0. The van der Waals surface area contributed by atoms with E-state index in [9.17, 15) is 14.7 Å². The van der Waals surface area contributed by atoms with Crippen LogP contribution in [-0.4, -0.2) is 28.1 Å². The van der Waals surface area contributed by atoms with E-state index in [1.807, 2.05) is 6.92 Å². The lowest BCUT2D eigenvalue weighted by Gasteiger charge is -2.12. The number of carbonyl (C=O) groups is 2. The molecule has 2 N–H and O–H groups in total. The Bertz CT molecular complexity index is 524. The molecule has 3 atom stereocenters. The Kier molecular flexibility index (Phi) is 10.2. The molecular weight excluding hydrogens is 316 g/mol. The fraction of sp³-hybridized carbons (Fsp3) is 0.714. The third-order valence-electron chi connectivity index (χ3n) is 4.80.